The van der Waals surface area contributed by atoms with Crippen LogP contribution in [0.3, 0.4) is 0 Å². The summed E-state index contributed by atoms with van der Waals surface area (Å²) in [5, 5.41) is 7.13. The monoisotopic (exact) mass is 383 g/mol. The smallest absolute Gasteiger partial charge is 0.251 e. The predicted octanol–water partition coefficient (Wildman–Crippen LogP) is 4.13. The number of hydrogen-bond acceptors (Lipinski definition) is 2. The van der Waals surface area contributed by atoms with Gasteiger partial charge in [0.2, 0.25) is 0 Å². The molecule has 4 nitrogen and oxygen atoms in total. The van der Waals surface area contributed by atoms with E-state index >= 15 is 0 Å². The third-order valence-electron chi connectivity index (χ3n) is 3.71. The van der Waals surface area contributed by atoms with E-state index in [1.165, 1.54) is 0 Å². The SMILES string of the molecule is O=C(NCCCn1cc(Br)cn1)c1ccc(-c2ccccc2)cc1. The maximum absolute atomic E-state index is 12.2. The minimum Gasteiger partial charge on any atom is -0.352 e. The normalized spacial score (nSPS) is 10.5. The summed E-state index contributed by atoms with van der Waals surface area (Å²) in [4.78, 5) is 12.2. The van der Waals surface area contributed by atoms with Crippen molar-refractivity contribution in [3.05, 3.63) is 77.0 Å². The molecule has 0 unspecified atom stereocenters. The molecule has 0 fully saturated rings. The number of amides is 1. The van der Waals surface area contributed by atoms with Gasteiger partial charge in [-0.2, -0.15) is 5.10 Å². The van der Waals surface area contributed by atoms with Gasteiger partial charge in [0.05, 0.1) is 10.7 Å². The first-order valence-corrected chi connectivity index (χ1v) is 8.63. The van der Waals surface area contributed by atoms with Crippen molar-refractivity contribution in [3.63, 3.8) is 0 Å². The second-order valence-corrected chi connectivity index (χ2v) is 6.39. The quantitative estimate of drug-likeness (QED) is 0.650. The molecule has 0 aliphatic carbocycles. The van der Waals surface area contributed by atoms with E-state index in [0.717, 1.165) is 28.6 Å². The summed E-state index contributed by atoms with van der Waals surface area (Å²) in [5.74, 6) is -0.0451. The summed E-state index contributed by atoms with van der Waals surface area (Å²) in [6.07, 6.45) is 4.51. The van der Waals surface area contributed by atoms with Gasteiger partial charge in [0.1, 0.15) is 0 Å². The van der Waals surface area contributed by atoms with Crippen LogP contribution in [0.4, 0.5) is 0 Å². The van der Waals surface area contributed by atoms with Crippen LogP contribution in [0.15, 0.2) is 71.5 Å². The fraction of sp³-hybridized carbons (Fsp3) is 0.158. The molecule has 0 radical (unpaired) electrons. The van der Waals surface area contributed by atoms with E-state index < -0.39 is 0 Å². The van der Waals surface area contributed by atoms with Crippen LogP contribution in [0.2, 0.25) is 0 Å². The van der Waals surface area contributed by atoms with E-state index in [4.69, 9.17) is 0 Å². The number of aromatic nitrogens is 2. The molecule has 0 aliphatic rings. The van der Waals surface area contributed by atoms with Crippen LogP contribution in [-0.4, -0.2) is 22.2 Å². The van der Waals surface area contributed by atoms with Gasteiger partial charge < -0.3 is 5.32 Å². The van der Waals surface area contributed by atoms with Gasteiger partial charge >= 0.3 is 0 Å². The molecule has 2 aromatic carbocycles. The molecule has 5 heteroatoms. The van der Waals surface area contributed by atoms with Crippen LogP contribution >= 0.6 is 15.9 Å². The minimum atomic E-state index is -0.0451. The molecule has 3 rings (SSSR count). The van der Waals surface area contributed by atoms with Crippen LogP contribution in [0.25, 0.3) is 11.1 Å². The van der Waals surface area contributed by atoms with Crippen molar-refractivity contribution < 1.29 is 4.79 Å². The fourth-order valence-corrected chi connectivity index (χ4v) is 2.78. The maximum atomic E-state index is 12.2. The van der Waals surface area contributed by atoms with Gasteiger partial charge in [0.25, 0.3) is 5.91 Å². The molecule has 0 saturated carbocycles. The average molecular weight is 384 g/mol. The van der Waals surface area contributed by atoms with Gasteiger partial charge in [-0.25, -0.2) is 0 Å². The Morgan fingerprint density at radius 1 is 1.04 bits per heavy atom. The number of carbonyl (C=O) groups excluding carboxylic acids is 1. The molecular weight excluding hydrogens is 366 g/mol. The standard InChI is InChI=1S/C19H18BrN3O/c20-18-13-22-23(14-18)12-4-11-21-19(24)17-9-7-16(8-10-17)15-5-2-1-3-6-15/h1-3,5-10,13-14H,4,11-12H2,(H,21,24). The molecule has 122 valence electrons. The number of halogens is 1. The zero-order valence-corrected chi connectivity index (χ0v) is 14.7. The largest absolute Gasteiger partial charge is 0.352 e. The highest BCUT2D eigenvalue weighted by atomic mass is 79.9. The first kappa shape index (κ1) is 16.5. The second-order valence-electron chi connectivity index (χ2n) is 5.47. The highest BCUT2D eigenvalue weighted by Crippen LogP contribution is 2.19. The highest BCUT2D eigenvalue weighted by Gasteiger charge is 2.05. The van der Waals surface area contributed by atoms with Crippen LogP contribution in [-0.2, 0) is 6.54 Å². The molecule has 0 saturated heterocycles. The Bertz CT molecular complexity index is 797. The maximum Gasteiger partial charge on any atom is 0.251 e. The van der Waals surface area contributed by atoms with Gasteiger partial charge in [-0.1, -0.05) is 42.5 Å². The van der Waals surface area contributed by atoms with Gasteiger partial charge in [-0.15, -0.1) is 0 Å². The molecular formula is C19H18BrN3O. The molecule has 1 heterocycles. The van der Waals surface area contributed by atoms with Crippen LogP contribution < -0.4 is 5.32 Å². The van der Waals surface area contributed by atoms with Gasteiger partial charge in [-0.3, -0.25) is 9.48 Å². The number of nitrogens with zero attached hydrogens (tertiary/aromatic N) is 2. The van der Waals surface area contributed by atoms with Crippen molar-refractivity contribution >= 4 is 21.8 Å². The van der Waals surface area contributed by atoms with Crippen molar-refractivity contribution in [1.29, 1.82) is 0 Å². The number of rotatable bonds is 6. The Balaban J connectivity index is 1.50. The summed E-state index contributed by atoms with van der Waals surface area (Å²) in [6.45, 7) is 1.40. The molecule has 3 aromatic rings. The minimum absolute atomic E-state index is 0.0451. The molecule has 24 heavy (non-hydrogen) atoms. The third kappa shape index (κ3) is 4.32. The van der Waals surface area contributed by atoms with Gasteiger partial charge in [-0.05, 0) is 45.6 Å². The number of hydrogen-bond donors (Lipinski definition) is 1. The number of carbonyl (C=O) groups is 1. The zero-order chi connectivity index (χ0) is 16.8. The Labute approximate surface area is 149 Å². The summed E-state index contributed by atoms with van der Waals surface area (Å²) >= 11 is 3.36. The lowest BCUT2D eigenvalue weighted by Gasteiger charge is -2.07. The molecule has 0 spiro atoms. The molecule has 1 N–H and O–H groups in total. The summed E-state index contributed by atoms with van der Waals surface area (Å²) < 4.78 is 2.82. The lowest BCUT2D eigenvalue weighted by molar-refractivity contribution is 0.0952. The van der Waals surface area contributed by atoms with E-state index in [0.29, 0.717) is 12.1 Å². The van der Waals surface area contributed by atoms with E-state index in [-0.39, 0.29) is 5.91 Å². The highest BCUT2D eigenvalue weighted by molar-refractivity contribution is 9.10. The lowest BCUT2D eigenvalue weighted by Crippen LogP contribution is -2.25. The summed E-state index contributed by atoms with van der Waals surface area (Å²) in [6, 6.07) is 17.8. The van der Waals surface area contributed by atoms with Crippen LogP contribution in [0.5, 0.6) is 0 Å². The van der Waals surface area contributed by atoms with Crippen molar-refractivity contribution in [2.24, 2.45) is 0 Å². The van der Waals surface area contributed by atoms with E-state index in [9.17, 15) is 4.79 Å². The molecule has 0 bridgehead atoms. The fourth-order valence-electron chi connectivity index (χ4n) is 2.45. The summed E-state index contributed by atoms with van der Waals surface area (Å²) in [5.41, 5.74) is 2.93. The van der Waals surface area contributed by atoms with Crippen LogP contribution in [0, 0.1) is 0 Å². The van der Waals surface area contributed by atoms with E-state index in [1.54, 1.807) is 6.20 Å². The third-order valence-corrected chi connectivity index (χ3v) is 4.11. The van der Waals surface area contributed by atoms with Crippen molar-refractivity contribution in [3.8, 4) is 11.1 Å². The first-order valence-electron chi connectivity index (χ1n) is 7.84. The number of aryl methyl sites for hydroxylation is 1. The Morgan fingerprint density at radius 2 is 1.75 bits per heavy atom. The summed E-state index contributed by atoms with van der Waals surface area (Å²) in [7, 11) is 0. The van der Waals surface area contributed by atoms with Crippen molar-refractivity contribution in [2.45, 2.75) is 13.0 Å². The van der Waals surface area contributed by atoms with Crippen molar-refractivity contribution in [2.75, 3.05) is 6.54 Å². The first-order chi connectivity index (χ1) is 11.7. The van der Waals surface area contributed by atoms with Gasteiger partial charge in [0.15, 0.2) is 0 Å². The topological polar surface area (TPSA) is 46.9 Å². The predicted molar refractivity (Wildman–Crippen MR) is 98.8 cm³/mol. The Morgan fingerprint density at radius 3 is 2.42 bits per heavy atom. The van der Waals surface area contributed by atoms with Gasteiger partial charge in [0, 0.05) is 24.8 Å². The molecule has 0 aliphatic heterocycles. The molecule has 1 aromatic heterocycles. The van der Waals surface area contributed by atoms with E-state index in [1.807, 2.05) is 53.3 Å². The van der Waals surface area contributed by atoms with Crippen LogP contribution in [0.1, 0.15) is 16.8 Å². The molecule has 0 atom stereocenters. The number of benzene rings is 2. The van der Waals surface area contributed by atoms with Crippen molar-refractivity contribution in [1.82, 2.24) is 15.1 Å². The van der Waals surface area contributed by atoms with E-state index in [2.05, 4.69) is 38.5 Å². The molecule has 1 amide bonds. The average Bonchev–Trinajstić information content (AvgIpc) is 3.05. The number of nitrogens with one attached hydrogen (secondary N) is 1. The Hall–Kier alpha value is -2.40. The zero-order valence-electron chi connectivity index (χ0n) is 13.2. The lowest BCUT2D eigenvalue weighted by atomic mass is 10.0. The second kappa shape index (κ2) is 7.93. The Kier molecular flexibility index (Phi) is 5.43.